The molecule has 0 fully saturated rings. The van der Waals surface area contributed by atoms with E-state index in [0.717, 1.165) is 5.56 Å². The van der Waals surface area contributed by atoms with Gasteiger partial charge in [0.2, 0.25) is 0 Å². The summed E-state index contributed by atoms with van der Waals surface area (Å²) >= 11 is 0. The van der Waals surface area contributed by atoms with Gasteiger partial charge >= 0.3 is 17.1 Å². The van der Waals surface area contributed by atoms with E-state index in [0.29, 0.717) is 0 Å². The zero-order valence-electron chi connectivity index (χ0n) is 6.24. The van der Waals surface area contributed by atoms with Gasteiger partial charge in [-0.25, -0.2) is 0 Å². The molecule has 3 nitrogen and oxygen atoms in total. The summed E-state index contributed by atoms with van der Waals surface area (Å²) in [5.74, 6) is 0. The number of benzene rings is 1. The van der Waals surface area contributed by atoms with Gasteiger partial charge in [-0.15, -0.1) is 0 Å². The van der Waals surface area contributed by atoms with Crippen molar-refractivity contribution in [2.75, 3.05) is 6.61 Å². The van der Waals surface area contributed by atoms with Gasteiger partial charge in [-0.3, -0.25) is 0 Å². The summed E-state index contributed by atoms with van der Waals surface area (Å²) in [4.78, 5) is 0. The Bertz CT molecular complexity index is 248. The molecule has 1 aromatic carbocycles. The normalized spacial score (nSPS) is 10.6. The smallest absolute Gasteiger partial charge is 0.411 e. The quantitative estimate of drug-likeness (QED) is 0.332. The number of oxime groups is 1. The van der Waals surface area contributed by atoms with Crippen LogP contribution in [0.15, 0.2) is 35.5 Å². The molecule has 2 N–H and O–H groups in total. The van der Waals surface area contributed by atoms with Crippen molar-refractivity contribution in [1.82, 2.24) is 0 Å². The second-order valence-corrected chi connectivity index (χ2v) is 2.07. The first kappa shape index (κ1) is 11.2. The molecule has 0 unspecified atom stereocenters. The first-order valence-electron chi connectivity index (χ1n) is 3.25. The van der Waals surface area contributed by atoms with Crippen molar-refractivity contribution in [3.8, 4) is 0 Å². The monoisotopic (exact) mass is 214 g/mol. The number of hydrogen-bond acceptors (Lipinski definition) is 3. The Balaban J connectivity index is 0.00000121. The fraction of sp³-hybridized carbons (Fsp3) is 0.125. The van der Waals surface area contributed by atoms with Crippen molar-refractivity contribution in [2.45, 2.75) is 0 Å². The molecule has 0 saturated heterocycles. The molecular weight excluding hydrogens is 206 g/mol. The predicted molar refractivity (Wildman–Crippen MR) is 41.9 cm³/mol. The summed E-state index contributed by atoms with van der Waals surface area (Å²) in [5.41, 5.74) is 1.02. The van der Waals surface area contributed by atoms with E-state index in [4.69, 9.17) is 10.3 Å². The van der Waals surface area contributed by atoms with Crippen molar-refractivity contribution in [3.63, 3.8) is 0 Å². The van der Waals surface area contributed by atoms with Crippen LogP contribution in [-0.4, -0.2) is 22.6 Å². The standard InChI is InChI=1S/C8H9NO2.Cu/c10-6-8(9-11)7-4-2-1-3-5-7;/h1-5,10-11H,6H2;/q;+2. The number of aliphatic hydroxyl groups excluding tert-OH is 1. The Morgan fingerprint density at radius 1 is 1.25 bits per heavy atom. The van der Waals surface area contributed by atoms with Gasteiger partial charge in [0, 0.05) is 5.56 Å². The van der Waals surface area contributed by atoms with Crippen LogP contribution in [0.3, 0.4) is 0 Å². The molecule has 1 aromatic rings. The first-order valence-corrected chi connectivity index (χ1v) is 3.25. The molecule has 0 amide bonds. The topological polar surface area (TPSA) is 52.8 Å². The molecule has 4 heteroatoms. The van der Waals surface area contributed by atoms with E-state index in [-0.39, 0.29) is 29.4 Å². The molecule has 1 radical (unpaired) electrons. The Labute approximate surface area is 81.2 Å². The van der Waals surface area contributed by atoms with E-state index in [1.54, 1.807) is 12.1 Å². The van der Waals surface area contributed by atoms with Gasteiger partial charge in [0.15, 0.2) is 0 Å². The van der Waals surface area contributed by atoms with E-state index in [9.17, 15) is 0 Å². The van der Waals surface area contributed by atoms with Gasteiger partial charge in [0.25, 0.3) is 0 Å². The van der Waals surface area contributed by atoms with Crippen molar-refractivity contribution in [3.05, 3.63) is 35.9 Å². The van der Waals surface area contributed by atoms with E-state index in [1.807, 2.05) is 18.2 Å². The summed E-state index contributed by atoms with van der Waals surface area (Å²) in [5, 5.41) is 20.0. The van der Waals surface area contributed by atoms with Crippen LogP contribution < -0.4 is 0 Å². The molecule has 0 heterocycles. The zero-order chi connectivity index (χ0) is 8.10. The van der Waals surface area contributed by atoms with Gasteiger partial charge < -0.3 is 10.3 Å². The Kier molecular flexibility index (Phi) is 5.37. The van der Waals surface area contributed by atoms with Crippen LogP contribution in [0.2, 0.25) is 0 Å². The molecule has 0 aliphatic heterocycles. The van der Waals surface area contributed by atoms with Gasteiger partial charge in [-0.2, -0.15) is 0 Å². The third-order valence-corrected chi connectivity index (χ3v) is 1.38. The van der Waals surface area contributed by atoms with Crippen LogP contribution in [0.5, 0.6) is 0 Å². The maximum absolute atomic E-state index is 8.69. The zero-order valence-corrected chi connectivity index (χ0v) is 7.18. The second-order valence-electron chi connectivity index (χ2n) is 2.07. The van der Waals surface area contributed by atoms with Gasteiger partial charge in [-0.05, 0) is 0 Å². The van der Waals surface area contributed by atoms with E-state index in [1.165, 1.54) is 0 Å². The number of hydrogen-bond donors (Lipinski definition) is 2. The van der Waals surface area contributed by atoms with Crippen LogP contribution in [0.25, 0.3) is 0 Å². The largest absolute Gasteiger partial charge is 2.00 e. The fourth-order valence-corrected chi connectivity index (χ4v) is 0.811. The summed E-state index contributed by atoms with van der Waals surface area (Å²) < 4.78 is 0. The van der Waals surface area contributed by atoms with Crippen molar-refractivity contribution >= 4 is 5.71 Å². The van der Waals surface area contributed by atoms with Crippen LogP contribution >= 0.6 is 0 Å². The molecule has 0 atom stereocenters. The third kappa shape index (κ3) is 2.66. The minimum Gasteiger partial charge on any atom is -0.411 e. The Hall–Kier alpha value is -0.831. The van der Waals surface area contributed by atoms with E-state index in [2.05, 4.69) is 5.16 Å². The predicted octanol–water partition coefficient (Wildman–Crippen LogP) is 0.855. The van der Waals surface area contributed by atoms with E-state index >= 15 is 0 Å². The van der Waals surface area contributed by atoms with Crippen LogP contribution in [0.1, 0.15) is 5.56 Å². The average molecular weight is 215 g/mol. The molecule has 1 rings (SSSR count). The molecule has 12 heavy (non-hydrogen) atoms. The van der Waals surface area contributed by atoms with Gasteiger partial charge in [0.05, 0.1) is 6.61 Å². The number of nitrogens with zero attached hydrogens (tertiary/aromatic N) is 1. The molecule has 0 saturated carbocycles. The molecule has 0 spiro atoms. The summed E-state index contributed by atoms with van der Waals surface area (Å²) in [6.45, 7) is -0.249. The average Bonchev–Trinajstić information content (AvgIpc) is 2.09. The number of rotatable bonds is 2. The first-order chi connectivity index (χ1) is 5.38. The molecule has 67 valence electrons. The third-order valence-electron chi connectivity index (χ3n) is 1.38. The number of aliphatic hydroxyl groups is 1. The maximum Gasteiger partial charge on any atom is 2.00 e. The van der Waals surface area contributed by atoms with Crippen LogP contribution in [-0.2, 0) is 17.1 Å². The molecule has 0 aliphatic carbocycles. The molecule has 0 aromatic heterocycles. The fourth-order valence-electron chi connectivity index (χ4n) is 0.811. The SMILES string of the molecule is OCC(=NO)c1ccccc1.[Cu+2]. The van der Waals surface area contributed by atoms with Crippen molar-refractivity contribution in [1.29, 1.82) is 0 Å². The Morgan fingerprint density at radius 3 is 2.25 bits per heavy atom. The minimum atomic E-state index is -0.249. The summed E-state index contributed by atoms with van der Waals surface area (Å²) in [6, 6.07) is 9.03. The van der Waals surface area contributed by atoms with E-state index < -0.39 is 0 Å². The summed E-state index contributed by atoms with van der Waals surface area (Å²) in [7, 11) is 0. The maximum atomic E-state index is 8.69. The summed E-state index contributed by atoms with van der Waals surface area (Å²) in [6.07, 6.45) is 0. The van der Waals surface area contributed by atoms with Crippen LogP contribution in [0, 0.1) is 0 Å². The van der Waals surface area contributed by atoms with Gasteiger partial charge in [-0.1, -0.05) is 35.5 Å². The second kappa shape index (κ2) is 5.77. The van der Waals surface area contributed by atoms with Crippen molar-refractivity contribution < 1.29 is 27.4 Å². The molecule has 0 aliphatic rings. The van der Waals surface area contributed by atoms with Gasteiger partial charge in [0.1, 0.15) is 5.71 Å². The molecule has 0 bridgehead atoms. The minimum absolute atomic E-state index is 0. The van der Waals surface area contributed by atoms with Crippen LogP contribution in [0.4, 0.5) is 0 Å². The Morgan fingerprint density at radius 2 is 1.83 bits per heavy atom. The van der Waals surface area contributed by atoms with Crippen molar-refractivity contribution in [2.24, 2.45) is 5.16 Å². The molecular formula is C8H9CuNO2+2.